The van der Waals surface area contributed by atoms with E-state index >= 15 is 0 Å². The topological polar surface area (TPSA) is 64.1 Å². The first kappa shape index (κ1) is 21.7. The van der Waals surface area contributed by atoms with Crippen molar-refractivity contribution < 1.29 is 14.7 Å². The molecule has 32 heavy (non-hydrogen) atoms. The van der Waals surface area contributed by atoms with E-state index in [1.807, 2.05) is 55.1 Å². The molecular weight excluding hydrogens is 422 g/mol. The molecule has 2 aromatic rings. The van der Waals surface area contributed by atoms with Crippen LogP contribution in [0, 0.1) is 0 Å². The Morgan fingerprint density at radius 1 is 0.781 bits per heavy atom. The van der Waals surface area contributed by atoms with Crippen LogP contribution >= 0.6 is 12.2 Å². The zero-order valence-corrected chi connectivity index (χ0v) is 18.7. The standard InChI is InChI=1S/C25H23N3O3S/c1-17-15-19(16-18(2)26(17)13-14-29)22-23(30)27(20-9-5-3-6-10-20)25(32)28(24(22)31)21-11-7-4-8-12-21/h3-12,15-16,29H,13-14H2,1-2H3. The summed E-state index contributed by atoms with van der Waals surface area (Å²) >= 11 is 5.64. The average Bonchev–Trinajstić information content (AvgIpc) is 2.78. The van der Waals surface area contributed by atoms with Gasteiger partial charge in [0.05, 0.1) is 18.0 Å². The number of allylic oxidation sites excluding steroid dienone is 5. The first-order valence-electron chi connectivity index (χ1n) is 10.3. The maximum atomic E-state index is 13.7. The largest absolute Gasteiger partial charge is 0.395 e. The van der Waals surface area contributed by atoms with Crippen molar-refractivity contribution in [2.75, 3.05) is 23.0 Å². The average molecular weight is 446 g/mol. The number of benzene rings is 2. The highest BCUT2D eigenvalue weighted by Gasteiger charge is 2.42. The molecule has 1 saturated heterocycles. The minimum absolute atomic E-state index is 0.00202. The van der Waals surface area contributed by atoms with E-state index in [1.165, 1.54) is 9.80 Å². The normalized spacial score (nSPS) is 17.1. The number of carbonyl (C=O) groups is 2. The number of β-amino-alcohol motifs (C(OH)–C–C–N with tert-alkyl or cyclic N) is 1. The first-order valence-corrected chi connectivity index (χ1v) is 10.7. The lowest BCUT2D eigenvalue weighted by Crippen LogP contribution is -2.57. The fourth-order valence-corrected chi connectivity index (χ4v) is 4.34. The van der Waals surface area contributed by atoms with Gasteiger partial charge in [0.2, 0.25) is 0 Å². The summed E-state index contributed by atoms with van der Waals surface area (Å²) in [6, 6.07) is 18.2. The van der Waals surface area contributed by atoms with E-state index < -0.39 is 11.8 Å². The van der Waals surface area contributed by atoms with E-state index in [4.69, 9.17) is 12.2 Å². The summed E-state index contributed by atoms with van der Waals surface area (Å²) in [4.78, 5) is 32.1. The molecule has 2 amide bonds. The highest BCUT2D eigenvalue weighted by Crippen LogP contribution is 2.33. The summed E-state index contributed by atoms with van der Waals surface area (Å²) < 4.78 is 0. The van der Waals surface area contributed by atoms with Crippen molar-refractivity contribution in [2.24, 2.45) is 0 Å². The second-order valence-corrected chi connectivity index (χ2v) is 7.88. The smallest absolute Gasteiger partial charge is 0.270 e. The SMILES string of the molecule is CC1=CC(=C2C(=O)N(c3ccccc3)C(=S)N(c3ccccc3)C2=O)C=C(C)N1CCO. The maximum Gasteiger partial charge on any atom is 0.270 e. The van der Waals surface area contributed by atoms with Gasteiger partial charge in [-0.15, -0.1) is 0 Å². The fraction of sp³-hybridized carbons (Fsp3) is 0.160. The van der Waals surface area contributed by atoms with E-state index in [2.05, 4.69) is 0 Å². The van der Waals surface area contributed by atoms with Crippen molar-refractivity contribution in [2.45, 2.75) is 13.8 Å². The van der Waals surface area contributed by atoms with Crippen molar-refractivity contribution >= 4 is 40.5 Å². The highest BCUT2D eigenvalue weighted by molar-refractivity contribution is 7.81. The Balaban J connectivity index is 1.90. The lowest BCUT2D eigenvalue weighted by Gasteiger charge is -2.37. The number of hydrogen-bond acceptors (Lipinski definition) is 5. The van der Waals surface area contributed by atoms with E-state index in [-0.39, 0.29) is 17.3 Å². The molecule has 162 valence electrons. The number of hydrogen-bond donors (Lipinski definition) is 1. The molecule has 0 saturated carbocycles. The first-order chi connectivity index (χ1) is 15.4. The summed E-state index contributed by atoms with van der Waals surface area (Å²) in [5, 5.41) is 9.47. The number of carbonyl (C=O) groups excluding carboxylic acids is 2. The second kappa shape index (κ2) is 8.90. The summed E-state index contributed by atoms with van der Waals surface area (Å²) in [6.45, 7) is 4.21. The van der Waals surface area contributed by atoms with Gasteiger partial charge in [-0.25, -0.2) is 0 Å². The van der Waals surface area contributed by atoms with Crippen LogP contribution in [0.2, 0.25) is 0 Å². The third-order valence-electron chi connectivity index (χ3n) is 5.44. The van der Waals surface area contributed by atoms with Gasteiger partial charge in [-0.05, 0) is 68.1 Å². The van der Waals surface area contributed by atoms with Gasteiger partial charge in [0, 0.05) is 17.9 Å². The van der Waals surface area contributed by atoms with Gasteiger partial charge in [0.15, 0.2) is 5.11 Å². The Morgan fingerprint density at radius 2 is 1.22 bits per heavy atom. The van der Waals surface area contributed by atoms with E-state index in [1.54, 1.807) is 36.4 Å². The number of aliphatic hydroxyl groups excluding tert-OH is 1. The summed E-state index contributed by atoms with van der Waals surface area (Å²) in [7, 11) is 0. The Morgan fingerprint density at radius 3 is 1.62 bits per heavy atom. The van der Waals surface area contributed by atoms with E-state index in [0.717, 1.165) is 11.4 Å². The predicted molar refractivity (Wildman–Crippen MR) is 129 cm³/mol. The van der Waals surface area contributed by atoms with E-state index in [0.29, 0.717) is 23.5 Å². The predicted octanol–water partition coefficient (Wildman–Crippen LogP) is 3.76. The fourth-order valence-electron chi connectivity index (χ4n) is 3.97. The molecular formula is C25H23N3O3S. The number of rotatable bonds is 4. The Hall–Kier alpha value is -3.55. The Labute approximate surface area is 192 Å². The van der Waals surface area contributed by atoms with Crippen LogP contribution in [0.4, 0.5) is 11.4 Å². The minimum Gasteiger partial charge on any atom is -0.395 e. The molecule has 2 aromatic carbocycles. The number of nitrogens with zero attached hydrogens (tertiary/aromatic N) is 3. The maximum absolute atomic E-state index is 13.7. The van der Waals surface area contributed by atoms with Gasteiger partial charge in [-0.2, -0.15) is 0 Å². The highest BCUT2D eigenvalue weighted by atomic mass is 32.1. The number of para-hydroxylation sites is 2. The van der Waals surface area contributed by atoms with Crippen molar-refractivity contribution in [1.29, 1.82) is 0 Å². The Kier molecular flexibility index (Phi) is 6.03. The lowest BCUT2D eigenvalue weighted by molar-refractivity contribution is -0.121. The number of anilines is 2. The summed E-state index contributed by atoms with van der Waals surface area (Å²) in [5.74, 6) is -0.922. The van der Waals surface area contributed by atoms with Crippen LogP contribution in [0.3, 0.4) is 0 Å². The zero-order chi connectivity index (χ0) is 22.8. The molecule has 2 aliphatic rings. The third kappa shape index (κ3) is 3.77. The summed E-state index contributed by atoms with van der Waals surface area (Å²) in [5.41, 5.74) is 3.43. The molecule has 2 heterocycles. The van der Waals surface area contributed by atoms with Crippen LogP contribution in [0.5, 0.6) is 0 Å². The van der Waals surface area contributed by atoms with Crippen molar-refractivity contribution in [3.8, 4) is 0 Å². The molecule has 0 bridgehead atoms. The van der Waals surface area contributed by atoms with Gasteiger partial charge in [-0.3, -0.25) is 19.4 Å². The molecule has 7 heteroatoms. The van der Waals surface area contributed by atoms with Gasteiger partial charge < -0.3 is 10.0 Å². The van der Waals surface area contributed by atoms with Crippen LogP contribution in [0.1, 0.15) is 13.8 Å². The van der Waals surface area contributed by atoms with Crippen molar-refractivity contribution in [3.05, 3.63) is 95.4 Å². The third-order valence-corrected chi connectivity index (χ3v) is 5.80. The molecule has 0 aromatic heterocycles. The number of amides is 2. The van der Waals surface area contributed by atoms with Crippen LogP contribution in [0.15, 0.2) is 95.4 Å². The molecule has 0 spiro atoms. The van der Waals surface area contributed by atoms with Gasteiger partial charge in [0.1, 0.15) is 5.57 Å². The molecule has 0 aliphatic carbocycles. The lowest BCUT2D eigenvalue weighted by atomic mass is 9.98. The molecule has 6 nitrogen and oxygen atoms in total. The molecule has 0 atom stereocenters. The quantitative estimate of drug-likeness (QED) is 0.441. The molecule has 1 fully saturated rings. The number of thiocarbonyl (C=S) groups is 1. The van der Waals surface area contributed by atoms with E-state index in [9.17, 15) is 14.7 Å². The molecule has 4 rings (SSSR count). The zero-order valence-electron chi connectivity index (χ0n) is 17.9. The van der Waals surface area contributed by atoms with Crippen molar-refractivity contribution in [1.82, 2.24) is 4.90 Å². The van der Waals surface area contributed by atoms with Crippen LogP contribution < -0.4 is 9.80 Å². The van der Waals surface area contributed by atoms with Crippen LogP contribution in [-0.4, -0.2) is 40.1 Å². The number of aliphatic hydroxyl groups is 1. The monoisotopic (exact) mass is 445 g/mol. The molecule has 2 aliphatic heterocycles. The van der Waals surface area contributed by atoms with Gasteiger partial charge in [-0.1, -0.05) is 36.4 Å². The minimum atomic E-state index is -0.461. The van der Waals surface area contributed by atoms with Gasteiger partial charge >= 0.3 is 0 Å². The summed E-state index contributed by atoms with van der Waals surface area (Å²) in [6.07, 6.45) is 3.60. The molecule has 0 radical (unpaired) electrons. The van der Waals surface area contributed by atoms with Crippen molar-refractivity contribution in [3.63, 3.8) is 0 Å². The Bertz CT molecular complexity index is 1080. The molecule has 1 N–H and O–H groups in total. The van der Waals surface area contributed by atoms with Crippen LogP contribution in [0.25, 0.3) is 0 Å². The molecule has 0 unspecified atom stereocenters. The van der Waals surface area contributed by atoms with Gasteiger partial charge in [0.25, 0.3) is 11.8 Å². The van der Waals surface area contributed by atoms with Crippen LogP contribution in [-0.2, 0) is 9.59 Å². The second-order valence-electron chi connectivity index (χ2n) is 7.51.